The Kier molecular flexibility index (Phi) is 2.69. The highest BCUT2D eigenvalue weighted by molar-refractivity contribution is 9.10. The topological polar surface area (TPSA) is 38.0 Å². The quantitative estimate of drug-likeness (QED) is 0.822. The Balaban J connectivity index is 2.06. The van der Waals surface area contributed by atoms with Gasteiger partial charge in [-0.05, 0) is 47.7 Å². The van der Waals surface area contributed by atoms with E-state index in [1.165, 1.54) is 0 Å². The molecule has 0 bridgehead atoms. The third-order valence-corrected chi connectivity index (χ3v) is 3.26. The van der Waals surface area contributed by atoms with Crippen molar-refractivity contribution in [2.75, 3.05) is 0 Å². The second-order valence-corrected chi connectivity index (χ2v) is 4.37. The molecule has 2 rings (SSSR count). The summed E-state index contributed by atoms with van der Waals surface area (Å²) in [5, 5.41) is 13.6. The summed E-state index contributed by atoms with van der Waals surface area (Å²) in [5.41, 5.74) is 0. The van der Waals surface area contributed by atoms with Crippen LogP contribution in [0.25, 0.3) is 0 Å². The molecule has 1 aromatic heterocycles. The molecule has 1 aliphatic rings. The fourth-order valence-corrected chi connectivity index (χ4v) is 2.37. The molecular weight excluding hydrogens is 232 g/mol. The molecule has 4 heteroatoms. The number of hydrogen-bond donors (Lipinski definition) is 1. The number of aromatic nitrogens is 2. The Morgan fingerprint density at radius 2 is 2.08 bits per heavy atom. The van der Waals surface area contributed by atoms with Crippen molar-refractivity contribution in [1.82, 2.24) is 9.78 Å². The van der Waals surface area contributed by atoms with Crippen LogP contribution in [0.3, 0.4) is 0 Å². The number of nitrogens with zero attached hydrogens (tertiary/aromatic N) is 2. The van der Waals surface area contributed by atoms with Gasteiger partial charge < -0.3 is 5.11 Å². The van der Waals surface area contributed by atoms with Gasteiger partial charge in [-0.25, -0.2) is 0 Å². The lowest BCUT2D eigenvalue weighted by Crippen LogP contribution is -2.21. The first-order valence-corrected chi connectivity index (χ1v) is 5.44. The fourth-order valence-electron chi connectivity index (χ4n) is 1.87. The Morgan fingerprint density at radius 3 is 2.62 bits per heavy atom. The maximum Gasteiger partial charge on any atom is 0.104 e. The SMILES string of the molecule is OC1CCC(n2nccc2Br)CC1. The summed E-state index contributed by atoms with van der Waals surface area (Å²) < 4.78 is 3.04. The summed E-state index contributed by atoms with van der Waals surface area (Å²) in [7, 11) is 0. The summed E-state index contributed by atoms with van der Waals surface area (Å²) in [5.74, 6) is 0. The van der Waals surface area contributed by atoms with Crippen molar-refractivity contribution in [1.29, 1.82) is 0 Å². The van der Waals surface area contributed by atoms with E-state index in [1.54, 1.807) is 6.20 Å². The van der Waals surface area contributed by atoms with Crippen LogP contribution in [0.15, 0.2) is 16.9 Å². The molecule has 0 unspecified atom stereocenters. The van der Waals surface area contributed by atoms with Gasteiger partial charge in [0.2, 0.25) is 0 Å². The molecule has 1 fully saturated rings. The van der Waals surface area contributed by atoms with Gasteiger partial charge >= 0.3 is 0 Å². The standard InChI is InChI=1S/C9H13BrN2O/c10-9-5-6-11-12(9)7-1-3-8(13)4-2-7/h5-8,13H,1-4H2. The normalized spacial score (nSPS) is 29.1. The Labute approximate surface area is 85.9 Å². The molecule has 3 nitrogen and oxygen atoms in total. The number of rotatable bonds is 1. The molecule has 0 radical (unpaired) electrons. The van der Waals surface area contributed by atoms with Gasteiger partial charge in [-0.1, -0.05) is 0 Å². The van der Waals surface area contributed by atoms with Gasteiger partial charge in [0, 0.05) is 0 Å². The molecule has 1 saturated carbocycles. The van der Waals surface area contributed by atoms with Crippen molar-refractivity contribution in [2.24, 2.45) is 0 Å². The Morgan fingerprint density at radius 1 is 1.38 bits per heavy atom. The van der Waals surface area contributed by atoms with E-state index in [0.29, 0.717) is 6.04 Å². The van der Waals surface area contributed by atoms with Gasteiger partial charge in [0.1, 0.15) is 4.60 Å². The maximum atomic E-state index is 9.35. The molecule has 0 amide bonds. The van der Waals surface area contributed by atoms with Gasteiger partial charge in [0.25, 0.3) is 0 Å². The van der Waals surface area contributed by atoms with Crippen LogP contribution in [0.5, 0.6) is 0 Å². The number of halogens is 1. The highest BCUT2D eigenvalue weighted by Gasteiger charge is 2.21. The monoisotopic (exact) mass is 244 g/mol. The average molecular weight is 245 g/mol. The number of aliphatic hydroxyl groups excluding tert-OH is 1. The molecule has 0 spiro atoms. The summed E-state index contributed by atoms with van der Waals surface area (Å²) >= 11 is 3.45. The van der Waals surface area contributed by atoms with Crippen LogP contribution in [0, 0.1) is 0 Å². The van der Waals surface area contributed by atoms with Crippen LogP contribution in [0.2, 0.25) is 0 Å². The van der Waals surface area contributed by atoms with Crippen molar-refractivity contribution in [3.63, 3.8) is 0 Å². The van der Waals surface area contributed by atoms with Crippen molar-refractivity contribution in [3.05, 3.63) is 16.9 Å². The molecule has 1 N–H and O–H groups in total. The first kappa shape index (κ1) is 9.21. The lowest BCUT2D eigenvalue weighted by Gasteiger charge is -2.26. The minimum atomic E-state index is -0.0920. The fraction of sp³-hybridized carbons (Fsp3) is 0.667. The molecule has 1 heterocycles. The van der Waals surface area contributed by atoms with Crippen LogP contribution in [-0.4, -0.2) is 21.0 Å². The van der Waals surface area contributed by atoms with E-state index < -0.39 is 0 Å². The molecule has 0 saturated heterocycles. The van der Waals surface area contributed by atoms with Crippen LogP contribution in [0.4, 0.5) is 0 Å². The summed E-state index contributed by atoms with van der Waals surface area (Å²) in [4.78, 5) is 0. The lowest BCUT2D eigenvalue weighted by atomic mass is 9.93. The van der Waals surface area contributed by atoms with Crippen LogP contribution < -0.4 is 0 Å². The van der Waals surface area contributed by atoms with Crippen molar-refractivity contribution in [3.8, 4) is 0 Å². The van der Waals surface area contributed by atoms with E-state index in [-0.39, 0.29) is 6.10 Å². The van der Waals surface area contributed by atoms with Gasteiger partial charge in [-0.15, -0.1) is 0 Å². The predicted molar refractivity (Wildman–Crippen MR) is 53.4 cm³/mol. The van der Waals surface area contributed by atoms with Gasteiger partial charge in [-0.3, -0.25) is 4.68 Å². The highest BCUT2D eigenvalue weighted by Crippen LogP contribution is 2.29. The molecule has 0 aromatic carbocycles. The molecule has 1 aliphatic carbocycles. The first-order valence-electron chi connectivity index (χ1n) is 4.64. The van der Waals surface area contributed by atoms with Crippen molar-refractivity contribution < 1.29 is 5.11 Å². The molecular formula is C9H13BrN2O. The maximum absolute atomic E-state index is 9.35. The van der Waals surface area contributed by atoms with Crippen LogP contribution in [0.1, 0.15) is 31.7 Å². The van der Waals surface area contributed by atoms with Gasteiger partial charge in [0.15, 0.2) is 0 Å². The van der Waals surface area contributed by atoms with Crippen molar-refractivity contribution in [2.45, 2.75) is 37.8 Å². The number of aliphatic hydroxyl groups is 1. The Bertz CT molecular complexity index is 279. The van der Waals surface area contributed by atoms with E-state index in [4.69, 9.17) is 0 Å². The third kappa shape index (κ3) is 1.94. The van der Waals surface area contributed by atoms with E-state index in [2.05, 4.69) is 21.0 Å². The smallest absolute Gasteiger partial charge is 0.104 e. The Hall–Kier alpha value is -0.350. The molecule has 0 aliphatic heterocycles. The third-order valence-electron chi connectivity index (χ3n) is 2.63. The van der Waals surface area contributed by atoms with Gasteiger partial charge in [-0.2, -0.15) is 5.10 Å². The minimum Gasteiger partial charge on any atom is -0.393 e. The van der Waals surface area contributed by atoms with E-state index in [9.17, 15) is 5.11 Å². The van der Waals surface area contributed by atoms with Crippen molar-refractivity contribution >= 4 is 15.9 Å². The average Bonchev–Trinajstić information content (AvgIpc) is 2.53. The summed E-state index contributed by atoms with van der Waals surface area (Å²) in [6.07, 6.45) is 5.57. The van der Waals surface area contributed by atoms with E-state index >= 15 is 0 Å². The molecule has 1 aromatic rings. The zero-order valence-corrected chi connectivity index (χ0v) is 8.94. The predicted octanol–water partition coefficient (Wildman–Crippen LogP) is 2.12. The lowest BCUT2D eigenvalue weighted by molar-refractivity contribution is 0.107. The van der Waals surface area contributed by atoms with Gasteiger partial charge in [0.05, 0.1) is 18.3 Å². The minimum absolute atomic E-state index is 0.0920. The second-order valence-electron chi connectivity index (χ2n) is 3.56. The second kappa shape index (κ2) is 3.80. The summed E-state index contributed by atoms with van der Waals surface area (Å²) in [6.45, 7) is 0. The van der Waals surface area contributed by atoms with Crippen LogP contribution in [-0.2, 0) is 0 Å². The highest BCUT2D eigenvalue weighted by atomic mass is 79.9. The van der Waals surface area contributed by atoms with E-state index in [1.807, 2.05) is 10.7 Å². The largest absolute Gasteiger partial charge is 0.393 e. The van der Waals surface area contributed by atoms with Crippen LogP contribution >= 0.6 is 15.9 Å². The molecule has 13 heavy (non-hydrogen) atoms. The number of hydrogen-bond acceptors (Lipinski definition) is 2. The van der Waals surface area contributed by atoms with E-state index in [0.717, 1.165) is 30.3 Å². The molecule has 72 valence electrons. The summed E-state index contributed by atoms with van der Waals surface area (Å²) in [6, 6.07) is 2.41. The first-order chi connectivity index (χ1) is 6.27. The molecule has 0 atom stereocenters. The zero-order valence-electron chi connectivity index (χ0n) is 7.36. The zero-order chi connectivity index (χ0) is 9.26.